The van der Waals surface area contributed by atoms with E-state index in [2.05, 4.69) is 30.2 Å². The second-order valence-corrected chi connectivity index (χ2v) is 6.19. The number of anilines is 1. The lowest BCUT2D eigenvalue weighted by atomic mass is 10.0. The molecule has 0 unspecified atom stereocenters. The van der Waals surface area contributed by atoms with E-state index in [9.17, 15) is 4.79 Å². The number of hydrogen-bond acceptors (Lipinski definition) is 3. The molecule has 4 nitrogen and oxygen atoms in total. The van der Waals surface area contributed by atoms with Crippen LogP contribution in [0, 0.1) is 0 Å². The van der Waals surface area contributed by atoms with Crippen LogP contribution in [0.5, 0.6) is 0 Å². The van der Waals surface area contributed by atoms with Crippen LogP contribution in [0.15, 0.2) is 53.5 Å². The summed E-state index contributed by atoms with van der Waals surface area (Å²) in [6, 6.07) is 13.2. The summed E-state index contributed by atoms with van der Waals surface area (Å²) >= 11 is 5.92. The number of para-hydroxylation sites is 1. The number of fused-ring (bicyclic) bond motifs is 1. The Morgan fingerprint density at radius 1 is 1.22 bits per heavy atom. The monoisotopic (exact) mass is 327 g/mol. The van der Waals surface area contributed by atoms with Crippen molar-refractivity contribution in [1.29, 1.82) is 0 Å². The number of benzene rings is 1. The summed E-state index contributed by atoms with van der Waals surface area (Å²) in [5.74, 6) is 0.427. The van der Waals surface area contributed by atoms with Gasteiger partial charge in [-0.2, -0.15) is 0 Å². The van der Waals surface area contributed by atoms with Crippen LogP contribution in [0.2, 0.25) is 5.02 Å². The number of nitrogens with one attached hydrogen (secondary N) is 1. The Bertz CT molecular complexity index is 902. The van der Waals surface area contributed by atoms with E-state index in [1.807, 2.05) is 18.2 Å². The molecule has 23 heavy (non-hydrogen) atoms. The number of rotatable bonds is 4. The molecule has 0 aliphatic carbocycles. The molecule has 0 saturated carbocycles. The maximum Gasteiger partial charge on any atom is 0.258 e. The van der Waals surface area contributed by atoms with E-state index in [0.29, 0.717) is 28.8 Å². The summed E-state index contributed by atoms with van der Waals surface area (Å²) in [6.45, 7) is 4.81. The molecule has 0 bridgehead atoms. The number of aromatic nitrogens is 2. The second-order valence-electron chi connectivity index (χ2n) is 5.76. The highest BCUT2D eigenvalue weighted by molar-refractivity contribution is 6.30. The minimum absolute atomic E-state index is 0.133. The molecular formula is C18H18ClN3O. The van der Waals surface area contributed by atoms with E-state index in [1.54, 1.807) is 18.3 Å². The van der Waals surface area contributed by atoms with Gasteiger partial charge in [0, 0.05) is 18.0 Å². The summed E-state index contributed by atoms with van der Waals surface area (Å²) in [7, 11) is 0. The molecule has 0 radical (unpaired) electrons. The molecule has 5 heteroatoms. The fraction of sp³-hybridized carbons (Fsp3) is 0.222. The van der Waals surface area contributed by atoms with Crippen LogP contribution < -0.4 is 10.9 Å². The summed E-state index contributed by atoms with van der Waals surface area (Å²) < 4.78 is 1.45. The lowest BCUT2D eigenvalue weighted by Crippen LogP contribution is -2.17. The van der Waals surface area contributed by atoms with Crippen molar-refractivity contribution < 1.29 is 0 Å². The molecular weight excluding hydrogens is 310 g/mol. The maximum absolute atomic E-state index is 12.2. The van der Waals surface area contributed by atoms with Gasteiger partial charge in [0.25, 0.3) is 5.56 Å². The van der Waals surface area contributed by atoms with Crippen molar-refractivity contribution >= 4 is 22.9 Å². The van der Waals surface area contributed by atoms with Gasteiger partial charge in [-0.15, -0.1) is 0 Å². The van der Waals surface area contributed by atoms with Crippen LogP contribution in [0.3, 0.4) is 0 Å². The minimum atomic E-state index is -0.133. The molecule has 0 aliphatic heterocycles. The molecule has 0 aliphatic rings. The zero-order valence-electron chi connectivity index (χ0n) is 13.1. The van der Waals surface area contributed by atoms with Gasteiger partial charge >= 0.3 is 0 Å². The fourth-order valence-corrected chi connectivity index (χ4v) is 2.72. The number of halogens is 1. The van der Waals surface area contributed by atoms with E-state index in [-0.39, 0.29) is 5.56 Å². The van der Waals surface area contributed by atoms with Crippen molar-refractivity contribution in [1.82, 2.24) is 9.38 Å². The lowest BCUT2D eigenvalue weighted by molar-refractivity contribution is 0.863. The molecule has 1 aromatic carbocycles. The first-order chi connectivity index (χ1) is 11.0. The first kappa shape index (κ1) is 15.6. The molecule has 0 saturated heterocycles. The zero-order valence-corrected chi connectivity index (χ0v) is 13.8. The van der Waals surface area contributed by atoms with Crippen molar-refractivity contribution in [3.05, 3.63) is 75.3 Å². The number of nitrogens with zero attached hydrogens (tertiary/aromatic N) is 2. The molecule has 0 atom stereocenters. The van der Waals surface area contributed by atoms with E-state index >= 15 is 0 Å². The van der Waals surface area contributed by atoms with E-state index in [1.165, 1.54) is 16.0 Å². The third kappa shape index (κ3) is 3.37. The largest absolute Gasteiger partial charge is 0.379 e. The van der Waals surface area contributed by atoms with Crippen LogP contribution in [0.25, 0.3) is 5.65 Å². The summed E-state index contributed by atoms with van der Waals surface area (Å²) in [5.41, 5.74) is 3.48. The number of hydrogen-bond donors (Lipinski definition) is 1. The molecule has 1 N–H and O–H groups in total. The maximum atomic E-state index is 12.2. The number of pyridine rings is 1. The van der Waals surface area contributed by atoms with Crippen molar-refractivity contribution in [3.8, 4) is 0 Å². The first-order valence-electron chi connectivity index (χ1n) is 7.55. The summed E-state index contributed by atoms with van der Waals surface area (Å²) in [6.07, 6.45) is 1.58. The second kappa shape index (κ2) is 6.42. The van der Waals surface area contributed by atoms with Gasteiger partial charge in [0.1, 0.15) is 5.65 Å². The van der Waals surface area contributed by atoms with Gasteiger partial charge in [0.2, 0.25) is 0 Å². The molecule has 0 fully saturated rings. The quantitative estimate of drug-likeness (QED) is 0.785. The Balaban J connectivity index is 1.88. The van der Waals surface area contributed by atoms with E-state index in [0.717, 1.165) is 5.69 Å². The SMILES string of the molecule is CC(C)c1ccccc1NCc1cc(=O)n2cc(Cl)ccc2n1. The van der Waals surface area contributed by atoms with Gasteiger partial charge in [0.05, 0.1) is 17.3 Å². The molecule has 3 rings (SSSR count). The first-order valence-corrected chi connectivity index (χ1v) is 7.93. The van der Waals surface area contributed by atoms with Gasteiger partial charge in [-0.1, -0.05) is 43.6 Å². The van der Waals surface area contributed by atoms with Crippen molar-refractivity contribution in [2.45, 2.75) is 26.3 Å². The Labute approximate surface area is 139 Å². The van der Waals surface area contributed by atoms with Crippen molar-refractivity contribution in [2.75, 3.05) is 5.32 Å². The molecule has 3 aromatic rings. The average molecular weight is 328 g/mol. The van der Waals surface area contributed by atoms with Crippen LogP contribution in [-0.2, 0) is 6.54 Å². The Morgan fingerprint density at radius 2 is 2.00 bits per heavy atom. The third-order valence-corrected chi connectivity index (χ3v) is 3.94. The standard InChI is InChI=1S/C18H18ClN3O/c1-12(2)15-5-3-4-6-16(15)20-10-14-9-18(23)22-11-13(19)7-8-17(22)21-14/h3-9,11-12,20H,10H2,1-2H3. The fourth-order valence-electron chi connectivity index (χ4n) is 2.56. The Kier molecular flexibility index (Phi) is 4.35. The van der Waals surface area contributed by atoms with Crippen LogP contribution in [-0.4, -0.2) is 9.38 Å². The van der Waals surface area contributed by atoms with Gasteiger partial charge in [0.15, 0.2) is 0 Å². The van der Waals surface area contributed by atoms with Gasteiger partial charge in [-0.05, 0) is 29.7 Å². The van der Waals surface area contributed by atoms with E-state index < -0.39 is 0 Å². The molecule has 2 aromatic heterocycles. The van der Waals surface area contributed by atoms with Gasteiger partial charge in [-0.25, -0.2) is 4.98 Å². The minimum Gasteiger partial charge on any atom is -0.379 e. The Morgan fingerprint density at radius 3 is 2.78 bits per heavy atom. The highest BCUT2D eigenvalue weighted by atomic mass is 35.5. The average Bonchev–Trinajstić information content (AvgIpc) is 2.54. The van der Waals surface area contributed by atoms with Crippen LogP contribution in [0.4, 0.5) is 5.69 Å². The summed E-state index contributed by atoms with van der Waals surface area (Å²) in [4.78, 5) is 16.7. The van der Waals surface area contributed by atoms with Crippen LogP contribution in [0.1, 0.15) is 31.0 Å². The topological polar surface area (TPSA) is 46.4 Å². The molecule has 0 spiro atoms. The third-order valence-electron chi connectivity index (χ3n) is 3.72. The van der Waals surface area contributed by atoms with Crippen molar-refractivity contribution in [2.24, 2.45) is 0 Å². The van der Waals surface area contributed by atoms with Crippen molar-refractivity contribution in [3.63, 3.8) is 0 Å². The highest BCUT2D eigenvalue weighted by Gasteiger charge is 2.07. The lowest BCUT2D eigenvalue weighted by Gasteiger charge is -2.14. The van der Waals surface area contributed by atoms with Gasteiger partial charge in [-0.3, -0.25) is 9.20 Å². The smallest absolute Gasteiger partial charge is 0.258 e. The highest BCUT2D eigenvalue weighted by Crippen LogP contribution is 2.23. The predicted octanol–water partition coefficient (Wildman–Crippen LogP) is 4.08. The van der Waals surface area contributed by atoms with Crippen LogP contribution >= 0.6 is 11.6 Å². The molecule has 118 valence electrons. The van der Waals surface area contributed by atoms with Gasteiger partial charge < -0.3 is 5.32 Å². The summed E-state index contributed by atoms with van der Waals surface area (Å²) in [5, 5.41) is 3.89. The Hall–Kier alpha value is -2.33. The normalized spacial score (nSPS) is 11.1. The predicted molar refractivity (Wildman–Crippen MR) is 94.3 cm³/mol. The molecule has 2 heterocycles. The zero-order chi connectivity index (χ0) is 16.4. The van der Waals surface area contributed by atoms with E-state index in [4.69, 9.17) is 11.6 Å². The molecule has 0 amide bonds.